The second kappa shape index (κ2) is 4.57. The quantitative estimate of drug-likeness (QED) is 0.865. The van der Waals surface area contributed by atoms with Crippen LogP contribution in [0.5, 0.6) is 0 Å². The van der Waals surface area contributed by atoms with E-state index < -0.39 is 11.3 Å². The van der Waals surface area contributed by atoms with Gasteiger partial charge >= 0.3 is 6.03 Å². The van der Waals surface area contributed by atoms with Gasteiger partial charge in [-0.2, -0.15) is 0 Å². The van der Waals surface area contributed by atoms with Crippen LogP contribution in [0.15, 0.2) is 12.1 Å². The van der Waals surface area contributed by atoms with Gasteiger partial charge in [-0.05, 0) is 49.4 Å². The van der Waals surface area contributed by atoms with Gasteiger partial charge in [0.25, 0.3) is 5.92 Å². The maximum absolute atomic E-state index is 13.1. The van der Waals surface area contributed by atoms with Crippen molar-refractivity contribution in [2.75, 3.05) is 11.9 Å². The molecule has 114 valence electrons. The van der Waals surface area contributed by atoms with Crippen molar-refractivity contribution < 1.29 is 13.6 Å². The van der Waals surface area contributed by atoms with Crippen LogP contribution < -0.4 is 10.6 Å². The average molecular weight is 315 g/mol. The molecule has 3 nitrogen and oxygen atoms in total. The van der Waals surface area contributed by atoms with Crippen molar-refractivity contribution in [2.24, 2.45) is 11.3 Å². The zero-order valence-corrected chi connectivity index (χ0v) is 12.7. The van der Waals surface area contributed by atoms with Crippen molar-refractivity contribution in [2.45, 2.75) is 32.6 Å². The Kier molecular flexibility index (Phi) is 3.17. The van der Waals surface area contributed by atoms with E-state index in [1.807, 2.05) is 13.8 Å². The molecule has 0 aliphatic heterocycles. The van der Waals surface area contributed by atoms with Gasteiger partial charge in [0.05, 0.1) is 0 Å². The first-order valence-corrected chi connectivity index (χ1v) is 7.32. The molecule has 1 aromatic carbocycles. The van der Waals surface area contributed by atoms with E-state index in [1.54, 1.807) is 12.1 Å². The first-order chi connectivity index (χ1) is 9.75. The van der Waals surface area contributed by atoms with Gasteiger partial charge in [0, 0.05) is 29.1 Å². The third kappa shape index (κ3) is 2.48. The highest BCUT2D eigenvalue weighted by Crippen LogP contribution is 2.78. The number of rotatable bonds is 3. The molecule has 1 aromatic rings. The second-order valence-corrected chi connectivity index (χ2v) is 6.58. The molecule has 2 amide bonds. The van der Waals surface area contributed by atoms with E-state index in [-0.39, 0.29) is 18.4 Å². The van der Waals surface area contributed by atoms with Crippen LogP contribution in [0.1, 0.15) is 24.0 Å². The zero-order chi connectivity index (χ0) is 15.4. The van der Waals surface area contributed by atoms with Crippen LogP contribution in [0.3, 0.4) is 0 Å². The standard InChI is InChI=1S/C15H17ClF2N2O/c1-8-3-11(4-9(2)12(8)16)20-13(21)19-6-10-5-14(10)7-15(14,17)18/h3-4,10H,5-7H2,1-2H3,(H2,19,20,21). The predicted octanol–water partition coefficient (Wildman–Crippen LogP) is 4.12. The summed E-state index contributed by atoms with van der Waals surface area (Å²) < 4.78 is 26.2. The lowest BCUT2D eigenvalue weighted by Crippen LogP contribution is -2.31. The van der Waals surface area contributed by atoms with Crippen molar-refractivity contribution in [3.8, 4) is 0 Å². The molecule has 0 radical (unpaired) electrons. The number of urea groups is 1. The molecule has 2 aliphatic rings. The number of anilines is 1. The lowest BCUT2D eigenvalue weighted by atomic mass is 10.1. The summed E-state index contributed by atoms with van der Waals surface area (Å²) in [6.45, 7) is 4.02. The van der Waals surface area contributed by atoms with Gasteiger partial charge in [0.1, 0.15) is 0 Å². The van der Waals surface area contributed by atoms with Gasteiger partial charge in [0.2, 0.25) is 0 Å². The average Bonchev–Trinajstić information content (AvgIpc) is 3.21. The molecule has 0 saturated heterocycles. The topological polar surface area (TPSA) is 41.1 Å². The van der Waals surface area contributed by atoms with Crippen molar-refractivity contribution in [1.29, 1.82) is 0 Å². The number of benzene rings is 1. The van der Waals surface area contributed by atoms with Crippen molar-refractivity contribution in [3.05, 3.63) is 28.3 Å². The number of amides is 2. The summed E-state index contributed by atoms with van der Waals surface area (Å²) in [4.78, 5) is 11.8. The largest absolute Gasteiger partial charge is 0.338 e. The van der Waals surface area contributed by atoms with Crippen molar-refractivity contribution in [1.82, 2.24) is 5.32 Å². The molecule has 2 N–H and O–H groups in total. The summed E-state index contributed by atoms with van der Waals surface area (Å²) >= 11 is 6.06. The van der Waals surface area contributed by atoms with Gasteiger partial charge in [-0.1, -0.05) is 11.6 Å². The fourth-order valence-corrected chi connectivity index (χ4v) is 3.18. The lowest BCUT2D eigenvalue weighted by Gasteiger charge is -2.10. The molecule has 0 heterocycles. The van der Waals surface area contributed by atoms with Gasteiger partial charge in [-0.15, -0.1) is 0 Å². The Balaban J connectivity index is 1.51. The van der Waals surface area contributed by atoms with Gasteiger partial charge in [0.15, 0.2) is 0 Å². The molecule has 2 saturated carbocycles. The predicted molar refractivity (Wildman–Crippen MR) is 78.1 cm³/mol. The number of alkyl halides is 2. The lowest BCUT2D eigenvalue weighted by molar-refractivity contribution is 0.0892. The highest BCUT2D eigenvalue weighted by Gasteiger charge is 2.83. The summed E-state index contributed by atoms with van der Waals surface area (Å²) in [7, 11) is 0. The Morgan fingerprint density at radius 2 is 1.95 bits per heavy atom. The van der Waals surface area contributed by atoms with Crippen LogP contribution in [-0.4, -0.2) is 18.5 Å². The Morgan fingerprint density at radius 3 is 2.43 bits per heavy atom. The van der Waals surface area contributed by atoms with Crippen LogP contribution in [0, 0.1) is 25.2 Å². The number of nitrogens with one attached hydrogen (secondary N) is 2. The summed E-state index contributed by atoms with van der Waals surface area (Å²) in [5, 5.41) is 6.05. The van der Waals surface area contributed by atoms with Crippen LogP contribution in [0.25, 0.3) is 0 Å². The van der Waals surface area contributed by atoms with Gasteiger partial charge in [-0.25, -0.2) is 13.6 Å². The molecule has 0 aromatic heterocycles. The van der Waals surface area contributed by atoms with E-state index in [4.69, 9.17) is 11.6 Å². The summed E-state index contributed by atoms with van der Waals surface area (Å²) in [6.07, 6.45) is 0.489. The SMILES string of the molecule is Cc1cc(NC(=O)NCC2CC23CC3(F)F)cc(C)c1Cl. The first kappa shape index (κ1) is 14.6. The zero-order valence-electron chi connectivity index (χ0n) is 11.9. The molecule has 2 atom stereocenters. The van der Waals surface area contributed by atoms with Crippen LogP contribution >= 0.6 is 11.6 Å². The van der Waals surface area contributed by atoms with Crippen LogP contribution in [-0.2, 0) is 0 Å². The molecular formula is C15H17ClF2N2O. The molecule has 2 fully saturated rings. The fourth-order valence-electron chi connectivity index (χ4n) is 3.07. The van der Waals surface area contributed by atoms with Crippen molar-refractivity contribution in [3.63, 3.8) is 0 Å². The summed E-state index contributed by atoms with van der Waals surface area (Å²) in [5.41, 5.74) is 1.61. The van der Waals surface area contributed by atoms with E-state index in [1.165, 1.54) is 0 Å². The Morgan fingerprint density at radius 1 is 1.38 bits per heavy atom. The van der Waals surface area contributed by atoms with Crippen LogP contribution in [0.2, 0.25) is 5.02 Å². The monoisotopic (exact) mass is 314 g/mol. The van der Waals surface area contributed by atoms with E-state index in [9.17, 15) is 13.6 Å². The van der Waals surface area contributed by atoms with Gasteiger partial charge < -0.3 is 10.6 Å². The molecular weight excluding hydrogens is 298 g/mol. The molecule has 6 heteroatoms. The minimum atomic E-state index is -2.51. The van der Waals surface area contributed by atoms with E-state index in [2.05, 4.69) is 10.6 Å². The Labute approximate surface area is 127 Å². The number of carbonyl (C=O) groups excluding carboxylic acids is 1. The number of hydrogen-bond acceptors (Lipinski definition) is 1. The maximum atomic E-state index is 13.1. The molecule has 2 aliphatic carbocycles. The number of hydrogen-bond donors (Lipinski definition) is 2. The Hall–Kier alpha value is -1.36. The third-order valence-electron chi connectivity index (χ3n) is 4.58. The number of aryl methyl sites for hydroxylation is 2. The molecule has 21 heavy (non-hydrogen) atoms. The smallest absolute Gasteiger partial charge is 0.319 e. The summed E-state index contributed by atoms with van der Waals surface area (Å²) in [6, 6.07) is 3.19. The first-order valence-electron chi connectivity index (χ1n) is 6.95. The molecule has 0 bridgehead atoms. The second-order valence-electron chi connectivity index (χ2n) is 6.20. The maximum Gasteiger partial charge on any atom is 0.319 e. The minimum Gasteiger partial charge on any atom is -0.338 e. The van der Waals surface area contributed by atoms with E-state index in [0.29, 0.717) is 23.7 Å². The van der Waals surface area contributed by atoms with Gasteiger partial charge in [-0.3, -0.25) is 0 Å². The third-order valence-corrected chi connectivity index (χ3v) is 5.17. The molecule has 1 spiro atoms. The number of carbonyl (C=O) groups is 1. The van der Waals surface area contributed by atoms with E-state index in [0.717, 1.165) is 11.1 Å². The minimum absolute atomic E-state index is 0.0243. The normalized spacial score (nSPS) is 28.3. The Bertz CT molecular complexity index is 597. The molecule has 3 rings (SSSR count). The molecule has 2 unspecified atom stereocenters. The summed E-state index contributed by atoms with van der Waals surface area (Å²) in [5.74, 6) is -2.60. The van der Waals surface area contributed by atoms with E-state index >= 15 is 0 Å². The van der Waals surface area contributed by atoms with Crippen molar-refractivity contribution >= 4 is 23.3 Å². The number of halogens is 3. The highest BCUT2D eigenvalue weighted by molar-refractivity contribution is 6.32. The van der Waals surface area contributed by atoms with Crippen LogP contribution in [0.4, 0.5) is 19.3 Å². The highest BCUT2D eigenvalue weighted by atomic mass is 35.5. The fraction of sp³-hybridized carbons (Fsp3) is 0.533.